The number of aromatic nitrogens is 2. The van der Waals surface area contributed by atoms with Crippen molar-refractivity contribution in [3.8, 4) is 22.9 Å². The Morgan fingerprint density at radius 3 is 1.56 bits per heavy atom. The lowest BCUT2D eigenvalue weighted by atomic mass is 9.96. The maximum absolute atomic E-state index is 14.6. The fraction of sp³-hybridized carbons (Fsp3) is 0.133. The smallest absolute Gasteiger partial charge is 0.248 e. The Morgan fingerprint density at radius 1 is 0.639 bits per heavy atom. The highest BCUT2D eigenvalue weighted by atomic mass is 31.2. The molecule has 1 aromatic heterocycles. The van der Waals surface area contributed by atoms with Gasteiger partial charge in [-0.15, -0.1) is 10.2 Å². The zero-order valence-electron chi connectivity index (χ0n) is 20.3. The molecule has 5 aromatic rings. The Labute approximate surface area is 211 Å². The van der Waals surface area contributed by atoms with E-state index >= 15 is 0 Å². The van der Waals surface area contributed by atoms with Crippen molar-refractivity contribution in [1.29, 1.82) is 0 Å². The molecule has 0 saturated carbocycles. The fourth-order valence-electron chi connectivity index (χ4n) is 4.25. The minimum Gasteiger partial charge on any atom is -0.416 e. The molecule has 0 aliphatic carbocycles. The van der Waals surface area contributed by atoms with E-state index in [-0.39, 0.29) is 12.0 Å². The first-order valence-corrected chi connectivity index (χ1v) is 13.7. The fourth-order valence-corrected chi connectivity index (χ4v) is 6.87. The minimum absolute atomic E-state index is 0.132. The SMILES string of the molecule is CC(C)C(NP(=O)(c1ccccc1)c1ccccc1)c1ccc(-c2nnc(-c3ccccc3)o2)cc1. The lowest BCUT2D eigenvalue weighted by Crippen LogP contribution is -2.32. The summed E-state index contributed by atoms with van der Waals surface area (Å²) in [5.74, 6) is 1.15. The summed E-state index contributed by atoms with van der Waals surface area (Å²) in [6, 6.07) is 37.0. The van der Waals surface area contributed by atoms with E-state index in [1.165, 1.54) is 0 Å². The van der Waals surface area contributed by atoms with Crippen molar-refractivity contribution in [2.75, 3.05) is 0 Å². The highest BCUT2D eigenvalue weighted by molar-refractivity contribution is 7.76. The largest absolute Gasteiger partial charge is 0.416 e. The topological polar surface area (TPSA) is 68.0 Å². The van der Waals surface area contributed by atoms with Gasteiger partial charge in [0.05, 0.1) is 0 Å². The number of hydrogen-bond donors (Lipinski definition) is 1. The third-order valence-corrected chi connectivity index (χ3v) is 8.88. The van der Waals surface area contributed by atoms with E-state index in [4.69, 9.17) is 4.42 Å². The molecule has 4 aromatic carbocycles. The standard InChI is InChI=1S/C30H28N3O2P/c1-22(2)28(33-36(34,26-14-8-4-9-15-26)27-16-10-5-11-17-27)23-18-20-25(21-19-23)30-32-31-29(35-30)24-12-6-3-7-13-24/h3-22,28H,1-2H3,(H,33,34). The lowest BCUT2D eigenvalue weighted by molar-refractivity contribution is 0.468. The highest BCUT2D eigenvalue weighted by Gasteiger charge is 2.32. The molecule has 0 spiro atoms. The first-order chi connectivity index (χ1) is 17.5. The first-order valence-electron chi connectivity index (χ1n) is 12.0. The van der Waals surface area contributed by atoms with Crippen LogP contribution in [0.5, 0.6) is 0 Å². The molecule has 5 nitrogen and oxygen atoms in total. The van der Waals surface area contributed by atoms with E-state index in [2.05, 4.69) is 29.1 Å². The van der Waals surface area contributed by atoms with Crippen LogP contribution in [-0.2, 0) is 4.57 Å². The van der Waals surface area contributed by atoms with Gasteiger partial charge in [0.15, 0.2) is 0 Å². The molecule has 1 atom stereocenters. The number of nitrogens with one attached hydrogen (secondary N) is 1. The average molecular weight is 494 g/mol. The van der Waals surface area contributed by atoms with Gasteiger partial charge in [-0.1, -0.05) is 80.6 Å². The van der Waals surface area contributed by atoms with Gasteiger partial charge in [-0.3, -0.25) is 9.65 Å². The Morgan fingerprint density at radius 2 is 1.08 bits per heavy atom. The zero-order chi connectivity index (χ0) is 25.0. The summed E-state index contributed by atoms with van der Waals surface area (Å²) >= 11 is 0. The lowest BCUT2D eigenvalue weighted by Gasteiger charge is -2.30. The molecular formula is C30H28N3O2P. The molecule has 0 aliphatic rings. The number of rotatable bonds is 8. The van der Waals surface area contributed by atoms with Gasteiger partial charge in [-0.25, -0.2) is 0 Å². The van der Waals surface area contributed by atoms with Crippen LogP contribution in [0.25, 0.3) is 22.9 Å². The van der Waals surface area contributed by atoms with Crippen LogP contribution in [0.4, 0.5) is 0 Å². The van der Waals surface area contributed by atoms with Gasteiger partial charge in [0, 0.05) is 27.8 Å². The first kappa shape index (κ1) is 23.9. The van der Waals surface area contributed by atoms with Gasteiger partial charge in [-0.2, -0.15) is 0 Å². The van der Waals surface area contributed by atoms with Crippen LogP contribution in [0.1, 0.15) is 25.5 Å². The van der Waals surface area contributed by atoms with E-state index in [0.29, 0.717) is 11.8 Å². The Bertz CT molecular complexity index is 1410. The van der Waals surface area contributed by atoms with E-state index in [1.54, 1.807) is 0 Å². The van der Waals surface area contributed by atoms with Gasteiger partial charge in [0.1, 0.15) is 0 Å². The summed E-state index contributed by atoms with van der Waals surface area (Å²) in [4.78, 5) is 0. The Hall–Kier alpha value is -3.79. The van der Waals surface area contributed by atoms with Crippen LogP contribution in [0.15, 0.2) is 120 Å². The Balaban J connectivity index is 1.45. The number of nitrogens with zero attached hydrogens (tertiary/aromatic N) is 2. The van der Waals surface area contributed by atoms with Crippen LogP contribution in [0.2, 0.25) is 0 Å². The Kier molecular flexibility index (Phi) is 6.95. The highest BCUT2D eigenvalue weighted by Crippen LogP contribution is 2.43. The summed E-state index contributed by atoms with van der Waals surface area (Å²) in [7, 11) is -3.09. The molecule has 0 fully saturated rings. The summed E-state index contributed by atoms with van der Waals surface area (Å²) in [5, 5.41) is 13.6. The monoisotopic (exact) mass is 493 g/mol. The van der Waals surface area contributed by atoms with E-state index in [0.717, 1.165) is 27.3 Å². The summed E-state index contributed by atoms with van der Waals surface area (Å²) in [5.41, 5.74) is 2.77. The van der Waals surface area contributed by atoms with E-state index in [9.17, 15) is 4.57 Å². The van der Waals surface area contributed by atoms with Crippen molar-refractivity contribution in [3.05, 3.63) is 121 Å². The third kappa shape index (κ3) is 4.94. The summed E-state index contributed by atoms with van der Waals surface area (Å²) in [6.45, 7) is 4.27. The predicted octanol–water partition coefficient (Wildman–Crippen LogP) is 6.62. The number of benzene rings is 4. The molecular weight excluding hydrogens is 465 g/mol. The second kappa shape index (κ2) is 10.4. The second-order valence-electron chi connectivity index (χ2n) is 9.03. The third-order valence-electron chi connectivity index (χ3n) is 6.19. The molecule has 0 amide bonds. The maximum atomic E-state index is 14.6. The van der Waals surface area contributed by atoms with Crippen molar-refractivity contribution in [2.24, 2.45) is 5.92 Å². The van der Waals surface area contributed by atoms with E-state index in [1.807, 2.05) is 115 Å². The van der Waals surface area contributed by atoms with Crippen molar-refractivity contribution < 1.29 is 8.98 Å². The predicted molar refractivity (Wildman–Crippen MR) is 146 cm³/mol. The van der Waals surface area contributed by atoms with Gasteiger partial charge < -0.3 is 4.42 Å². The molecule has 0 radical (unpaired) electrons. The van der Waals surface area contributed by atoms with E-state index < -0.39 is 7.29 Å². The van der Waals surface area contributed by atoms with Crippen molar-refractivity contribution in [3.63, 3.8) is 0 Å². The quantitative estimate of drug-likeness (QED) is 0.246. The molecule has 1 heterocycles. The molecule has 1 unspecified atom stereocenters. The van der Waals surface area contributed by atoms with Crippen LogP contribution < -0.4 is 15.7 Å². The molecule has 5 rings (SSSR count). The molecule has 1 N–H and O–H groups in total. The van der Waals surface area contributed by atoms with Crippen molar-refractivity contribution in [1.82, 2.24) is 15.3 Å². The normalized spacial score (nSPS) is 12.5. The average Bonchev–Trinajstić information content (AvgIpc) is 3.44. The summed E-state index contributed by atoms with van der Waals surface area (Å²) in [6.07, 6.45) is 0. The minimum atomic E-state index is -3.09. The molecule has 0 bridgehead atoms. The molecule has 0 aliphatic heterocycles. The second-order valence-corrected chi connectivity index (χ2v) is 11.5. The molecule has 180 valence electrons. The van der Waals surface area contributed by atoms with Crippen LogP contribution >= 0.6 is 7.29 Å². The van der Waals surface area contributed by atoms with Crippen molar-refractivity contribution >= 4 is 17.9 Å². The zero-order valence-corrected chi connectivity index (χ0v) is 21.2. The van der Waals surface area contributed by atoms with Crippen molar-refractivity contribution in [2.45, 2.75) is 19.9 Å². The van der Waals surface area contributed by atoms with Gasteiger partial charge in [-0.05, 0) is 60.0 Å². The summed E-state index contributed by atoms with van der Waals surface area (Å²) < 4.78 is 20.5. The molecule has 36 heavy (non-hydrogen) atoms. The molecule has 6 heteroatoms. The van der Waals surface area contributed by atoms with Crippen LogP contribution in [0.3, 0.4) is 0 Å². The van der Waals surface area contributed by atoms with Gasteiger partial charge in [0.2, 0.25) is 19.1 Å². The van der Waals surface area contributed by atoms with Gasteiger partial charge in [0.25, 0.3) is 0 Å². The van der Waals surface area contributed by atoms with Crippen LogP contribution in [0, 0.1) is 5.92 Å². The van der Waals surface area contributed by atoms with Gasteiger partial charge >= 0.3 is 0 Å². The number of hydrogen-bond acceptors (Lipinski definition) is 4. The van der Waals surface area contributed by atoms with Crippen LogP contribution in [-0.4, -0.2) is 10.2 Å². The molecule has 0 saturated heterocycles. The maximum Gasteiger partial charge on any atom is 0.248 e.